The van der Waals surface area contributed by atoms with Crippen molar-refractivity contribution in [2.24, 2.45) is 0 Å². The second kappa shape index (κ2) is 10.7. The Hall–Kier alpha value is -2.47. The number of methoxy groups -OCH3 is 2. The summed E-state index contributed by atoms with van der Waals surface area (Å²) in [4.78, 5) is 2.25. The van der Waals surface area contributed by atoms with Gasteiger partial charge in [-0.15, -0.1) is 0 Å². The van der Waals surface area contributed by atoms with E-state index >= 15 is 0 Å². The molecule has 5 nitrogen and oxygen atoms in total. The highest BCUT2D eigenvalue weighted by Gasteiger charge is 2.31. The molecule has 0 bridgehead atoms. The predicted octanol–water partition coefficient (Wildman–Crippen LogP) is 4.97. The Morgan fingerprint density at radius 1 is 1.06 bits per heavy atom. The summed E-state index contributed by atoms with van der Waals surface area (Å²) in [6, 6.07) is 10.5. The highest BCUT2D eigenvalue weighted by atomic mass is 32.1. The first-order chi connectivity index (χ1) is 15.0. The highest BCUT2D eigenvalue weighted by molar-refractivity contribution is 7.80. The van der Waals surface area contributed by atoms with Crippen LogP contribution < -0.4 is 19.5 Å². The van der Waals surface area contributed by atoms with Crippen LogP contribution in [0.25, 0.3) is 0 Å². The summed E-state index contributed by atoms with van der Waals surface area (Å²) >= 11 is 5.78. The number of thiocarbonyl (C=S) groups is 1. The van der Waals surface area contributed by atoms with Gasteiger partial charge in [0.25, 0.3) is 0 Å². The Kier molecular flexibility index (Phi) is 8.02. The van der Waals surface area contributed by atoms with Gasteiger partial charge in [0.05, 0.1) is 20.3 Å². The molecule has 1 aliphatic heterocycles. The van der Waals surface area contributed by atoms with Gasteiger partial charge in [0.2, 0.25) is 0 Å². The highest BCUT2D eigenvalue weighted by Crippen LogP contribution is 2.38. The number of nitrogens with zero attached hydrogens (tertiary/aromatic N) is 1. The molecule has 0 saturated heterocycles. The molecule has 168 valence electrons. The van der Waals surface area contributed by atoms with Crippen LogP contribution in [0.4, 0.5) is 0 Å². The molecule has 6 heteroatoms. The Bertz CT molecular complexity index is 896. The Morgan fingerprint density at radius 2 is 1.74 bits per heavy atom. The first-order valence-electron chi connectivity index (χ1n) is 11.0. The van der Waals surface area contributed by atoms with Crippen LogP contribution >= 0.6 is 12.2 Å². The van der Waals surface area contributed by atoms with E-state index in [9.17, 15) is 0 Å². The Balaban J connectivity index is 1.90. The summed E-state index contributed by atoms with van der Waals surface area (Å²) in [6.45, 7) is 8.58. The lowest BCUT2D eigenvalue weighted by atomic mass is 9.92. The van der Waals surface area contributed by atoms with Crippen molar-refractivity contribution in [3.05, 3.63) is 52.6 Å². The summed E-state index contributed by atoms with van der Waals surface area (Å²) in [6.07, 6.45) is 3.12. The molecule has 2 aromatic carbocycles. The minimum absolute atomic E-state index is 0.00833. The molecule has 1 atom stereocenters. The summed E-state index contributed by atoms with van der Waals surface area (Å²) in [5, 5.41) is 4.21. The largest absolute Gasteiger partial charge is 0.493 e. The standard InChI is InChI=1S/C25H34N2O3S/c1-6-7-9-26-25(31)27-10-8-19-14-23(28-4)24(29-5)15-21(19)22(27)16-30-20-12-17(2)11-18(3)13-20/h11-15,22H,6-10,16H2,1-5H3,(H,26,31). The van der Waals surface area contributed by atoms with Crippen LogP contribution in [0.15, 0.2) is 30.3 Å². The quantitative estimate of drug-likeness (QED) is 0.460. The van der Waals surface area contributed by atoms with Gasteiger partial charge in [0.1, 0.15) is 12.4 Å². The van der Waals surface area contributed by atoms with Gasteiger partial charge >= 0.3 is 0 Å². The second-order valence-corrected chi connectivity index (χ2v) is 8.47. The van der Waals surface area contributed by atoms with E-state index in [1.54, 1.807) is 14.2 Å². The molecule has 1 N–H and O–H groups in total. The number of unbranched alkanes of at least 4 members (excludes halogenated alkanes) is 1. The van der Waals surface area contributed by atoms with Crippen LogP contribution in [0.2, 0.25) is 0 Å². The molecule has 0 spiro atoms. The average Bonchev–Trinajstić information content (AvgIpc) is 2.75. The number of benzene rings is 2. The summed E-state index contributed by atoms with van der Waals surface area (Å²) in [7, 11) is 3.34. The third-order valence-corrected chi connectivity index (χ3v) is 6.05. The lowest BCUT2D eigenvalue weighted by Gasteiger charge is -2.39. The number of rotatable bonds is 8. The van der Waals surface area contributed by atoms with Crippen molar-refractivity contribution in [1.29, 1.82) is 0 Å². The van der Waals surface area contributed by atoms with E-state index in [-0.39, 0.29) is 6.04 Å². The molecule has 0 fully saturated rings. The predicted molar refractivity (Wildman–Crippen MR) is 130 cm³/mol. The molecule has 1 heterocycles. The molecule has 0 amide bonds. The molecule has 0 radical (unpaired) electrons. The van der Waals surface area contributed by atoms with Gasteiger partial charge in [0.15, 0.2) is 16.6 Å². The number of hydrogen-bond acceptors (Lipinski definition) is 4. The van der Waals surface area contributed by atoms with Crippen LogP contribution in [0, 0.1) is 13.8 Å². The Morgan fingerprint density at radius 3 is 2.39 bits per heavy atom. The average molecular weight is 443 g/mol. The molecule has 1 aliphatic rings. The summed E-state index contributed by atoms with van der Waals surface area (Å²) in [5.74, 6) is 2.37. The first kappa shape index (κ1) is 23.2. The molecule has 1 unspecified atom stereocenters. The van der Waals surface area contributed by atoms with Crippen molar-refractivity contribution >= 4 is 17.3 Å². The fraction of sp³-hybridized carbons (Fsp3) is 0.480. The van der Waals surface area contributed by atoms with Gasteiger partial charge in [-0.2, -0.15) is 0 Å². The zero-order chi connectivity index (χ0) is 22.4. The van der Waals surface area contributed by atoms with Gasteiger partial charge in [-0.1, -0.05) is 19.4 Å². The number of nitrogens with one attached hydrogen (secondary N) is 1. The van der Waals surface area contributed by atoms with Gasteiger partial charge in [-0.3, -0.25) is 0 Å². The van der Waals surface area contributed by atoms with E-state index in [4.69, 9.17) is 26.4 Å². The number of ether oxygens (including phenoxy) is 3. The van der Waals surface area contributed by atoms with E-state index < -0.39 is 0 Å². The normalized spacial score (nSPS) is 15.3. The fourth-order valence-electron chi connectivity index (χ4n) is 4.12. The van der Waals surface area contributed by atoms with Crippen LogP contribution in [0.5, 0.6) is 17.2 Å². The van der Waals surface area contributed by atoms with Crippen LogP contribution in [-0.2, 0) is 6.42 Å². The van der Waals surface area contributed by atoms with E-state index in [2.05, 4.69) is 61.3 Å². The van der Waals surface area contributed by atoms with E-state index in [1.807, 2.05) is 0 Å². The number of hydrogen-bond donors (Lipinski definition) is 1. The van der Waals surface area contributed by atoms with Gasteiger partial charge < -0.3 is 24.4 Å². The first-order valence-corrected chi connectivity index (χ1v) is 11.4. The molecule has 31 heavy (non-hydrogen) atoms. The molecular weight excluding hydrogens is 408 g/mol. The monoisotopic (exact) mass is 442 g/mol. The van der Waals surface area contributed by atoms with Gasteiger partial charge in [-0.05, 0) is 85.4 Å². The topological polar surface area (TPSA) is 43.0 Å². The van der Waals surface area contributed by atoms with Crippen LogP contribution in [0.1, 0.15) is 48.1 Å². The zero-order valence-corrected chi connectivity index (χ0v) is 20.1. The summed E-state index contributed by atoms with van der Waals surface area (Å²) in [5.41, 5.74) is 4.81. The van der Waals surface area contributed by atoms with E-state index in [0.29, 0.717) is 6.61 Å². The molecule has 0 saturated carbocycles. The van der Waals surface area contributed by atoms with Crippen molar-refractivity contribution < 1.29 is 14.2 Å². The maximum absolute atomic E-state index is 6.30. The minimum Gasteiger partial charge on any atom is -0.493 e. The minimum atomic E-state index is -0.00833. The number of aryl methyl sites for hydroxylation is 2. The third kappa shape index (κ3) is 5.62. The second-order valence-electron chi connectivity index (χ2n) is 8.09. The van der Waals surface area contributed by atoms with E-state index in [1.165, 1.54) is 22.3 Å². The van der Waals surface area contributed by atoms with Crippen molar-refractivity contribution in [2.45, 2.75) is 46.1 Å². The summed E-state index contributed by atoms with van der Waals surface area (Å²) < 4.78 is 17.4. The van der Waals surface area contributed by atoms with Crippen molar-refractivity contribution in [3.63, 3.8) is 0 Å². The molecule has 0 aliphatic carbocycles. The fourth-order valence-corrected chi connectivity index (χ4v) is 4.44. The molecule has 2 aromatic rings. The maximum Gasteiger partial charge on any atom is 0.169 e. The zero-order valence-electron chi connectivity index (χ0n) is 19.3. The van der Waals surface area contributed by atoms with Crippen molar-refractivity contribution in [1.82, 2.24) is 10.2 Å². The van der Waals surface area contributed by atoms with Crippen molar-refractivity contribution in [2.75, 3.05) is 33.9 Å². The molecule has 0 aromatic heterocycles. The number of fused-ring (bicyclic) bond motifs is 1. The molecule has 3 rings (SSSR count). The van der Waals surface area contributed by atoms with Crippen LogP contribution in [0.3, 0.4) is 0 Å². The lowest BCUT2D eigenvalue weighted by Crippen LogP contribution is -2.47. The van der Waals surface area contributed by atoms with E-state index in [0.717, 1.165) is 54.7 Å². The molecular formula is C25H34N2O3S. The Labute approximate surface area is 191 Å². The smallest absolute Gasteiger partial charge is 0.169 e. The third-order valence-electron chi connectivity index (χ3n) is 5.67. The SMILES string of the molecule is CCCCNC(=S)N1CCc2cc(OC)c(OC)cc2C1COc1cc(C)cc(C)c1. The van der Waals surface area contributed by atoms with Crippen LogP contribution in [-0.4, -0.2) is 43.9 Å². The maximum atomic E-state index is 6.30. The van der Waals surface area contributed by atoms with Crippen molar-refractivity contribution in [3.8, 4) is 17.2 Å². The van der Waals surface area contributed by atoms with Gasteiger partial charge in [0, 0.05) is 13.1 Å². The van der Waals surface area contributed by atoms with Gasteiger partial charge in [-0.25, -0.2) is 0 Å². The lowest BCUT2D eigenvalue weighted by molar-refractivity contribution is 0.187.